The lowest BCUT2D eigenvalue weighted by Crippen LogP contribution is -2.50. The summed E-state index contributed by atoms with van der Waals surface area (Å²) < 4.78 is 105. The maximum Gasteiger partial charge on any atom is 0.417 e. The number of piperazine rings is 1. The van der Waals surface area contributed by atoms with Gasteiger partial charge >= 0.3 is 6.18 Å². The van der Waals surface area contributed by atoms with Crippen LogP contribution in [-0.2, 0) is 10.9 Å². The van der Waals surface area contributed by atoms with Crippen LogP contribution in [0.1, 0.15) is 47.7 Å². The normalized spacial score (nSPS) is 22.1. The molecular formula is C29H32F7N5O4. The quantitative estimate of drug-likeness (QED) is 0.306. The predicted octanol–water partition coefficient (Wildman–Crippen LogP) is 4.24. The van der Waals surface area contributed by atoms with Crippen LogP contribution < -0.4 is 15.8 Å². The summed E-state index contributed by atoms with van der Waals surface area (Å²) in [6.45, 7) is 2.98. The molecule has 2 atom stereocenters. The third-order valence-corrected chi connectivity index (χ3v) is 8.45. The van der Waals surface area contributed by atoms with E-state index in [0.29, 0.717) is 25.8 Å². The number of carbonyl (C=O) groups excluding carboxylic acids is 1. The van der Waals surface area contributed by atoms with E-state index >= 15 is 8.78 Å². The molecule has 1 unspecified atom stereocenters. The van der Waals surface area contributed by atoms with Crippen LogP contribution in [0, 0.1) is 11.6 Å². The highest BCUT2D eigenvalue weighted by Crippen LogP contribution is 2.41. The number of aliphatic hydroxyl groups excluding tert-OH is 1. The number of aromatic amines is 1. The number of halogens is 7. The summed E-state index contributed by atoms with van der Waals surface area (Å²) in [4.78, 5) is 31.9. The standard InChI is InChI=1S/C29H32F7N5O4/c1-15-14-41(8-7-39(15)2)21-10-20(30)23(16-3-5-40(6-4-16)27(44)45-17-11-28(32,33)12-17)24(31)25(21)38-26(43)18-13-37-22(42)9-19(18)29(34,35)36/h3,9-10,13,15,17,27,44H,4-8,11-12,14H2,1-2H3,(H,37,42)(H,38,43)/t15-,27?/m0/s1. The van der Waals surface area contributed by atoms with Gasteiger partial charge < -0.3 is 29.9 Å². The number of alkyl halides is 5. The minimum Gasteiger partial charge on any atom is -0.367 e. The molecule has 9 nitrogen and oxygen atoms in total. The van der Waals surface area contributed by atoms with Gasteiger partial charge in [0.15, 0.2) is 5.82 Å². The fourth-order valence-electron chi connectivity index (χ4n) is 5.68. The molecule has 0 spiro atoms. The Hall–Kier alpha value is -3.47. The topological polar surface area (TPSA) is 101 Å². The average Bonchev–Trinajstić information content (AvgIpc) is 2.94. The van der Waals surface area contributed by atoms with Gasteiger partial charge in [0.25, 0.3) is 11.8 Å². The van der Waals surface area contributed by atoms with Gasteiger partial charge in [-0.3, -0.25) is 14.5 Å². The fourth-order valence-corrected chi connectivity index (χ4v) is 5.68. The number of aliphatic hydroxyl groups is 1. The summed E-state index contributed by atoms with van der Waals surface area (Å²) in [5, 5.41) is 12.5. The molecule has 0 bridgehead atoms. The van der Waals surface area contributed by atoms with Crippen LogP contribution in [0.5, 0.6) is 0 Å². The first-order valence-electron chi connectivity index (χ1n) is 14.3. The van der Waals surface area contributed by atoms with Gasteiger partial charge in [-0.15, -0.1) is 0 Å². The van der Waals surface area contributed by atoms with Gasteiger partial charge in [0.05, 0.1) is 28.5 Å². The lowest BCUT2D eigenvalue weighted by molar-refractivity contribution is -0.266. The van der Waals surface area contributed by atoms with Crippen LogP contribution in [0.4, 0.5) is 42.1 Å². The van der Waals surface area contributed by atoms with E-state index in [-0.39, 0.29) is 42.9 Å². The molecule has 1 saturated carbocycles. The van der Waals surface area contributed by atoms with Crippen LogP contribution in [0.15, 0.2) is 29.2 Å². The molecule has 3 heterocycles. The van der Waals surface area contributed by atoms with Crippen molar-refractivity contribution in [2.45, 2.75) is 56.8 Å². The third-order valence-electron chi connectivity index (χ3n) is 8.45. The summed E-state index contributed by atoms with van der Waals surface area (Å²) in [6, 6.07) is 1.18. The van der Waals surface area contributed by atoms with Crippen LogP contribution in [0.3, 0.4) is 0 Å². The first kappa shape index (κ1) is 32.9. The molecule has 45 heavy (non-hydrogen) atoms. The number of amides is 1. The smallest absolute Gasteiger partial charge is 0.367 e. The molecule has 246 valence electrons. The number of H-pyrrole nitrogens is 1. The number of hydrogen-bond acceptors (Lipinski definition) is 7. The van der Waals surface area contributed by atoms with Gasteiger partial charge in [0, 0.05) is 69.9 Å². The van der Waals surface area contributed by atoms with Crippen LogP contribution in [0.25, 0.3) is 5.57 Å². The fraction of sp³-hybridized carbons (Fsp3) is 0.517. The molecule has 1 aromatic carbocycles. The second-order valence-electron chi connectivity index (χ2n) is 11.6. The Morgan fingerprint density at radius 2 is 1.89 bits per heavy atom. The summed E-state index contributed by atoms with van der Waals surface area (Å²) in [7, 11) is 1.87. The summed E-state index contributed by atoms with van der Waals surface area (Å²) in [6.07, 6.45) is -6.47. The van der Waals surface area contributed by atoms with Gasteiger partial charge in [0.2, 0.25) is 12.0 Å². The van der Waals surface area contributed by atoms with E-state index in [1.165, 1.54) is 11.0 Å². The molecule has 2 aliphatic heterocycles. The minimum absolute atomic E-state index is 0.00843. The Labute approximate surface area is 253 Å². The van der Waals surface area contributed by atoms with E-state index in [9.17, 15) is 36.6 Å². The number of nitrogens with zero attached hydrogens (tertiary/aromatic N) is 3. The van der Waals surface area contributed by atoms with Crippen LogP contribution in [0.2, 0.25) is 0 Å². The molecule has 5 rings (SSSR count). The van der Waals surface area contributed by atoms with Crippen molar-refractivity contribution in [2.24, 2.45) is 0 Å². The SMILES string of the molecule is C[C@H]1CN(c2cc(F)c(C3=CCN(C(O)OC4CC(F)(F)C4)CC3)c(F)c2NC(=O)c2c[nH]c(=O)cc2C(F)(F)F)CCN1C. The van der Waals surface area contributed by atoms with Gasteiger partial charge in [-0.05, 0) is 26.0 Å². The van der Waals surface area contributed by atoms with Gasteiger partial charge in [-0.1, -0.05) is 6.08 Å². The monoisotopic (exact) mass is 647 g/mol. The molecule has 1 amide bonds. The number of hydrogen-bond donors (Lipinski definition) is 3. The second-order valence-corrected chi connectivity index (χ2v) is 11.6. The van der Waals surface area contributed by atoms with E-state index in [1.54, 1.807) is 4.90 Å². The second kappa shape index (κ2) is 12.4. The van der Waals surface area contributed by atoms with Gasteiger partial charge in [0.1, 0.15) is 11.5 Å². The van der Waals surface area contributed by atoms with Crippen LogP contribution in [-0.4, -0.2) is 90.1 Å². The van der Waals surface area contributed by atoms with E-state index in [2.05, 4.69) is 5.32 Å². The first-order valence-corrected chi connectivity index (χ1v) is 14.3. The van der Waals surface area contributed by atoms with Crippen LogP contribution >= 0.6 is 0 Å². The Morgan fingerprint density at radius 3 is 2.49 bits per heavy atom. The number of benzene rings is 1. The van der Waals surface area contributed by atoms with Gasteiger partial charge in [-0.25, -0.2) is 17.6 Å². The van der Waals surface area contributed by atoms with E-state index < -0.39 is 82.9 Å². The van der Waals surface area contributed by atoms with Gasteiger partial charge in [-0.2, -0.15) is 13.2 Å². The lowest BCUT2D eigenvalue weighted by Gasteiger charge is -2.40. The highest BCUT2D eigenvalue weighted by atomic mass is 19.4. The molecule has 0 radical (unpaired) electrons. The zero-order valence-corrected chi connectivity index (χ0v) is 24.4. The summed E-state index contributed by atoms with van der Waals surface area (Å²) in [5.41, 5.74) is -4.54. The zero-order valence-electron chi connectivity index (χ0n) is 24.4. The van der Waals surface area contributed by atoms with E-state index in [0.717, 1.165) is 6.07 Å². The molecule has 16 heteroatoms. The van der Waals surface area contributed by atoms with Crippen molar-refractivity contribution in [2.75, 3.05) is 50.0 Å². The Balaban J connectivity index is 1.47. The Kier molecular flexibility index (Phi) is 9.05. The first-order chi connectivity index (χ1) is 21.0. The Bertz CT molecular complexity index is 1540. The summed E-state index contributed by atoms with van der Waals surface area (Å²) in [5.74, 6) is -6.40. The number of carbonyl (C=O) groups is 1. The maximum atomic E-state index is 16.4. The number of pyridine rings is 1. The number of anilines is 2. The number of likely N-dealkylation sites (N-methyl/N-ethyl adjacent to an activating group) is 1. The van der Waals surface area contributed by atoms with Crippen molar-refractivity contribution in [3.63, 3.8) is 0 Å². The van der Waals surface area contributed by atoms with Crippen molar-refractivity contribution in [3.8, 4) is 0 Å². The van der Waals surface area contributed by atoms with Crippen molar-refractivity contribution in [1.82, 2.24) is 14.8 Å². The highest BCUT2D eigenvalue weighted by Gasteiger charge is 2.47. The maximum absolute atomic E-state index is 16.4. The molecule has 2 aromatic rings. The third kappa shape index (κ3) is 7.03. The largest absolute Gasteiger partial charge is 0.417 e. The van der Waals surface area contributed by atoms with Crippen molar-refractivity contribution in [1.29, 1.82) is 0 Å². The molecule has 1 saturated heterocycles. The average molecular weight is 648 g/mol. The van der Waals surface area contributed by atoms with Crippen molar-refractivity contribution < 1.29 is 45.4 Å². The number of ether oxygens (including phenoxy) is 1. The van der Waals surface area contributed by atoms with Crippen molar-refractivity contribution >= 4 is 22.9 Å². The molecule has 3 N–H and O–H groups in total. The Morgan fingerprint density at radius 1 is 1.18 bits per heavy atom. The molecule has 2 fully saturated rings. The zero-order chi connectivity index (χ0) is 32.8. The number of aromatic nitrogens is 1. The summed E-state index contributed by atoms with van der Waals surface area (Å²) >= 11 is 0. The van der Waals surface area contributed by atoms with E-state index in [1.807, 2.05) is 23.9 Å². The molecular weight excluding hydrogens is 615 g/mol. The predicted molar refractivity (Wildman–Crippen MR) is 150 cm³/mol. The molecule has 3 aliphatic rings. The number of nitrogens with one attached hydrogen (secondary N) is 2. The highest BCUT2D eigenvalue weighted by molar-refractivity contribution is 6.07. The molecule has 1 aromatic heterocycles. The minimum atomic E-state index is -5.07. The molecule has 1 aliphatic carbocycles. The lowest BCUT2D eigenvalue weighted by atomic mass is 9.91. The number of rotatable bonds is 7. The van der Waals surface area contributed by atoms with E-state index in [4.69, 9.17) is 4.74 Å². The van der Waals surface area contributed by atoms with Crippen molar-refractivity contribution in [3.05, 3.63) is 63.1 Å².